The van der Waals surface area contributed by atoms with Crippen LogP contribution in [0.15, 0.2) is 12.3 Å². The summed E-state index contributed by atoms with van der Waals surface area (Å²) < 4.78 is 1.71. The van der Waals surface area contributed by atoms with E-state index >= 15 is 0 Å². The third-order valence-electron chi connectivity index (χ3n) is 1.67. The van der Waals surface area contributed by atoms with Crippen molar-refractivity contribution < 1.29 is 5.11 Å². The zero-order valence-corrected chi connectivity index (χ0v) is 8.21. The van der Waals surface area contributed by atoms with Gasteiger partial charge in [0.1, 0.15) is 0 Å². The number of aliphatic hydroxyl groups is 1. The highest BCUT2D eigenvalue weighted by Crippen LogP contribution is 2.15. The third kappa shape index (κ3) is 2.53. The van der Waals surface area contributed by atoms with Crippen LogP contribution in [0.25, 0.3) is 0 Å². The van der Waals surface area contributed by atoms with Crippen LogP contribution in [0.4, 0.5) is 0 Å². The second-order valence-corrected chi connectivity index (χ2v) is 3.70. The highest BCUT2D eigenvalue weighted by Gasteiger charge is 2.08. The molecular formula is C8H14N2OS. The summed E-state index contributed by atoms with van der Waals surface area (Å²) in [4.78, 5) is 0. The van der Waals surface area contributed by atoms with Crippen molar-refractivity contribution in [2.45, 2.75) is 12.5 Å². The normalized spacial score (nSPS) is 13.2. The van der Waals surface area contributed by atoms with Gasteiger partial charge in [0, 0.05) is 13.2 Å². The van der Waals surface area contributed by atoms with Gasteiger partial charge in [0.15, 0.2) is 0 Å². The number of aryl methyl sites for hydroxylation is 1. The highest BCUT2D eigenvalue weighted by atomic mass is 32.2. The molecule has 0 aliphatic rings. The Kier molecular flexibility index (Phi) is 3.62. The second kappa shape index (κ2) is 4.52. The van der Waals surface area contributed by atoms with E-state index in [9.17, 15) is 5.11 Å². The summed E-state index contributed by atoms with van der Waals surface area (Å²) in [5, 5.41) is 13.7. The summed E-state index contributed by atoms with van der Waals surface area (Å²) >= 11 is 1.74. The molecule has 1 atom stereocenters. The Morgan fingerprint density at radius 3 is 3.00 bits per heavy atom. The van der Waals surface area contributed by atoms with Gasteiger partial charge in [-0.05, 0) is 24.5 Å². The SMILES string of the molecule is CSCCC(O)c1ccn(C)n1. The molecule has 0 spiro atoms. The number of thioether (sulfide) groups is 1. The van der Waals surface area contributed by atoms with Gasteiger partial charge in [0.2, 0.25) is 0 Å². The Bertz CT molecular complexity index is 237. The van der Waals surface area contributed by atoms with Crippen molar-refractivity contribution in [3.63, 3.8) is 0 Å². The molecule has 0 saturated carbocycles. The lowest BCUT2D eigenvalue weighted by Gasteiger charge is -2.05. The minimum absolute atomic E-state index is 0.404. The van der Waals surface area contributed by atoms with Crippen molar-refractivity contribution in [1.82, 2.24) is 9.78 Å². The molecule has 1 aromatic heterocycles. The molecule has 1 aromatic rings. The van der Waals surface area contributed by atoms with E-state index in [2.05, 4.69) is 5.10 Å². The Labute approximate surface area is 76.8 Å². The number of hydrogen-bond acceptors (Lipinski definition) is 3. The van der Waals surface area contributed by atoms with Crippen LogP contribution in [0.2, 0.25) is 0 Å². The minimum Gasteiger partial charge on any atom is -0.387 e. The largest absolute Gasteiger partial charge is 0.387 e. The minimum atomic E-state index is -0.404. The van der Waals surface area contributed by atoms with Crippen LogP contribution in [0, 0.1) is 0 Å². The van der Waals surface area contributed by atoms with Crippen molar-refractivity contribution in [3.8, 4) is 0 Å². The van der Waals surface area contributed by atoms with Gasteiger partial charge in [-0.15, -0.1) is 0 Å². The van der Waals surface area contributed by atoms with Gasteiger partial charge in [0.05, 0.1) is 11.8 Å². The Morgan fingerprint density at radius 1 is 1.75 bits per heavy atom. The van der Waals surface area contributed by atoms with E-state index in [1.54, 1.807) is 16.4 Å². The van der Waals surface area contributed by atoms with Crippen LogP contribution in [0.5, 0.6) is 0 Å². The topological polar surface area (TPSA) is 38.0 Å². The monoisotopic (exact) mass is 186 g/mol. The molecule has 12 heavy (non-hydrogen) atoms. The number of aromatic nitrogens is 2. The van der Waals surface area contributed by atoms with Crippen LogP contribution in [-0.4, -0.2) is 26.9 Å². The summed E-state index contributed by atoms with van der Waals surface area (Å²) in [5.41, 5.74) is 0.770. The number of hydrogen-bond donors (Lipinski definition) is 1. The predicted octanol–water partition coefficient (Wildman–Crippen LogP) is 1.21. The molecule has 0 fully saturated rings. The molecular weight excluding hydrogens is 172 g/mol. The van der Waals surface area contributed by atoms with E-state index in [1.807, 2.05) is 25.6 Å². The molecule has 0 aliphatic carbocycles. The second-order valence-electron chi connectivity index (χ2n) is 2.71. The first-order valence-electron chi connectivity index (χ1n) is 3.90. The van der Waals surface area contributed by atoms with Crippen molar-refractivity contribution in [1.29, 1.82) is 0 Å². The number of aliphatic hydroxyl groups excluding tert-OH is 1. The standard InChI is InChI=1S/C8H14N2OS/c1-10-5-3-7(9-10)8(11)4-6-12-2/h3,5,8,11H,4,6H2,1-2H3. The molecule has 1 rings (SSSR count). The summed E-state index contributed by atoms with van der Waals surface area (Å²) in [6.07, 6.45) is 4.25. The first kappa shape index (κ1) is 9.61. The summed E-state index contributed by atoms with van der Waals surface area (Å²) in [6.45, 7) is 0. The molecule has 4 heteroatoms. The summed E-state index contributed by atoms with van der Waals surface area (Å²) in [5.74, 6) is 0.970. The fourth-order valence-electron chi connectivity index (χ4n) is 0.988. The third-order valence-corrected chi connectivity index (χ3v) is 2.32. The average Bonchev–Trinajstić information content (AvgIpc) is 2.47. The smallest absolute Gasteiger partial charge is 0.0986 e. The molecule has 68 valence electrons. The van der Waals surface area contributed by atoms with E-state index in [4.69, 9.17) is 0 Å². The molecule has 1 unspecified atom stereocenters. The van der Waals surface area contributed by atoms with Crippen molar-refractivity contribution in [3.05, 3.63) is 18.0 Å². The zero-order valence-electron chi connectivity index (χ0n) is 7.40. The highest BCUT2D eigenvalue weighted by molar-refractivity contribution is 7.98. The lowest BCUT2D eigenvalue weighted by atomic mass is 10.2. The van der Waals surface area contributed by atoms with E-state index in [0.29, 0.717) is 0 Å². The van der Waals surface area contributed by atoms with Crippen molar-refractivity contribution in [2.24, 2.45) is 7.05 Å². The van der Waals surface area contributed by atoms with Gasteiger partial charge in [-0.3, -0.25) is 4.68 Å². The van der Waals surface area contributed by atoms with E-state index in [-0.39, 0.29) is 0 Å². The lowest BCUT2D eigenvalue weighted by molar-refractivity contribution is 0.169. The van der Waals surface area contributed by atoms with Crippen molar-refractivity contribution >= 4 is 11.8 Å². The molecule has 0 amide bonds. The van der Waals surface area contributed by atoms with Gasteiger partial charge >= 0.3 is 0 Å². The van der Waals surface area contributed by atoms with Crippen LogP contribution < -0.4 is 0 Å². The fourth-order valence-corrected chi connectivity index (χ4v) is 1.45. The van der Waals surface area contributed by atoms with Crippen LogP contribution in [0.3, 0.4) is 0 Å². The molecule has 0 radical (unpaired) electrons. The maximum absolute atomic E-state index is 9.58. The molecule has 1 N–H and O–H groups in total. The lowest BCUT2D eigenvalue weighted by Crippen LogP contribution is -2.00. The maximum atomic E-state index is 9.58. The summed E-state index contributed by atoms with van der Waals surface area (Å²) in [6, 6.07) is 1.85. The number of nitrogens with zero attached hydrogens (tertiary/aromatic N) is 2. The molecule has 0 aliphatic heterocycles. The van der Waals surface area contributed by atoms with E-state index in [0.717, 1.165) is 17.9 Å². The van der Waals surface area contributed by atoms with Gasteiger partial charge in [-0.2, -0.15) is 16.9 Å². The molecule has 0 saturated heterocycles. The molecule has 0 bridgehead atoms. The molecule has 1 heterocycles. The predicted molar refractivity (Wildman–Crippen MR) is 51.2 cm³/mol. The number of rotatable bonds is 4. The summed E-state index contributed by atoms with van der Waals surface area (Å²) in [7, 11) is 1.85. The van der Waals surface area contributed by atoms with E-state index in [1.165, 1.54) is 0 Å². The van der Waals surface area contributed by atoms with Gasteiger partial charge in [0.25, 0.3) is 0 Å². The van der Waals surface area contributed by atoms with Crippen LogP contribution >= 0.6 is 11.8 Å². The van der Waals surface area contributed by atoms with Gasteiger partial charge in [-0.1, -0.05) is 0 Å². The molecule has 3 nitrogen and oxygen atoms in total. The van der Waals surface area contributed by atoms with Gasteiger partial charge < -0.3 is 5.11 Å². The first-order valence-corrected chi connectivity index (χ1v) is 5.30. The van der Waals surface area contributed by atoms with Crippen LogP contribution in [0.1, 0.15) is 18.2 Å². The van der Waals surface area contributed by atoms with Crippen molar-refractivity contribution in [2.75, 3.05) is 12.0 Å². The van der Waals surface area contributed by atoms with Gasteiger partial charge in [-0.25, -0.2) is 0 Å². The Balaban J connectivity index is 2.47. The maximum Gasteiger partial charge on any atom is 0.0986 e. The molecule has 0 aromatic carbocycles. The Morgan fingerprint density at radius 2 is 2.50 bits per heavy atom. The average molecular weight is 186 g/mol. The quantitative estimate of drug-likeness (QED) is 0.768. The zero-order chi connectivity index (χ0) is 8.97. The van der Waals surface area contributed by atoms with E-state index < -0.39 is 6.10 Å². The Hall–Kier alpha value is -0.480. The fraction of sp³-hybridized carbons (Fsp3) is 0.625. The van der Waals surface area contributed by atoms with Crippen LogP contribution in [-0.2, 0) is 7.05 Å². The first-order chi connectivity index (χ1) is 5.74.